The fraction of sp³-hybridized carbons (Fsp3) is 0.292. The predicted molar refractivity (Wildman–Crippen MR) is 142 cm³/mol. The van der Waals surface area contributed by atoms with Gasteiger partial charge in [-0.15, -0.1) is 0 Å². The Balaban J connectivity index is 1.54. The third kappa shape index (κ3) is 6.34. The fourth-order valence-electron chi connectivity index (χ4n) is 3.74. The molecule has 0 atom stereocenters. The van der Waals surface area contributed by atoms with Crippen molar-refractivity contribution in [2.24, 2.45) is 0 Å². The van der Waals surface area contributed by atoms with Crippen LogP contribution in [0.25, 0.3) is 22.4 Å². The van der Waals surface area contributed by atoms with Crippen molar-refractivity contribution in [3.05, 3.63) is 59.0 Å². The van der Waals surface area contributed by atoms with Crippen molar-refractivity contribution >= 4 is 44.2 Å². The molecule has 0 aliphatic carbocycles. The highest BCUT2D eigenvalue weighted by Crippen LogP contribution is 2.28. The molecule has 0 fully saturated rings. The molecule has 0 saturated heterocycles. The zero-order valence-corrected chi connectivity index (χ0v) is 21.9. The van der Waals surface area contributed by atoms with E-state index in [-0.39, 0.29) is 17.3 Å². The number of aliphatic hydroxyl groups is 1. The van der Waals surface area contributed by atoms with Crippen LogP contribution in [0.4, 0.5) is 15.9 Å². The maximum Gasteiger partial charge on any atom is 0.264 e. The number of hydrogen-bond donors (Lipinski definition) is 4. The van der Waals surface area contributed by atoms with Crippen LogP contribution in [-0.4, -0.2) is 71.9 Å². The first-order valence-electron chi connectivity index (χ1n) is 11.5. The van der Waals surface area contributed by atoms with Gasteiger partial charge in [0, 0.05) is 35.1 Å². The Kier molecular flexibility index (Phi) is 8.22. The number of rotatable bonds is 11. The van der Waals surface area contributed by atoms with E-state index in [1.807, 2.05) is 18.9 Å². The molecule has 2 aromatic carbocycles. The van der Waals surface area contributed by atoms with E-state index < -0.39 is 20.7 Å². The second-order valence-corrected chi connectivity index (χ2v) is 10.6. The summed E-state index contributed by atoms with van der Waals surface area (Å²) in [4.78, 5) is 10.7. The summed E-state index contributed by atoms with van der Waals surface area (Å²) in [6, 6.07) is 9.76. The van der Waals surface area contributed by atoms with Crippen LogP contribution in [0.1, 0.15) is 12.1 Å². The van der Waals surface area contributed by atoms with Gasteiger partial charge in [-0.3, -0.25) is 9.82 Å². The minimum Gasteiger partial charge on any atom is -0.395 e. The zero-order chi connectivity index (χ0) is 26.6. The molecule has 4 N–H and O–H groups in total. The van der Waals surface area contributed by atoms with Crippen molar-refractivity contribution in [2.75, 3.05) is 43.3 Å². The minimum absolute atomic E-state index is 0.111. The van der Waals surface area contributed by atoms with Crippen molar-refractivity contribution < 1.29 is 17.9 Å². The van der Waals surface area contributed by atoms with Gasteiger partial charge in [-0.2, -0.15) is 5.10 Å². The first kappa shape index (κ1) is 26.7. The Morgan fingerprint density at radius 2 is 1.89 bits per heavy atom. The average Bonchev–Trinajstić information content (AvgIpc) is 3.24. The number of nitrogens with zero attached hydrogens (tertiary/aromatic N) is 4. The second-order valence-electron chi connectivity index (χ2n) is 8.51. The van der Waals surface area contributed by atoms with Crippen LogP contribution in [-0.2, 0) is 10.0 Å². The smallest absolute Gasteiger partial charge is 0.264 e. The second kappa shape index (κ2) is 11.4. The molecule has 0 bridgehead atoms. The van der Waals surface area contributed by atoms with Crippen LogP contribution >= 0.6 is 11.6 Å². The van der Waals surface area contributed by atoms with Gasteiger partial charge in [0.1, 0.15) is 16.5 Å². The molecule has 13 heteroatoms. The Labute approximate surface area is 219 Å². The van der Waals surface area contributed by atoms with Crippen molar-refractivity contribution in [1.29, 1.82) is 0 Å². The minimum atomic E-state index is -4.18. The van der Waals surface area contributed by atoms with Crippen LogP contribution in [0.5, 0.6) is 0 Å². The molecule has 37 heavy (non-hydrogen) atoms. The van der Waals surface area contributed by atoms with Crippen molar-refractivity contribution in [3.63, 3.8) is 0 Å². The standard InChI is InChI=1S/C24H27ClFN7O3S/c1-15-21-23(27-10-3-11-33(2)12-13-34)28-22(29-24(21)31-30-15)16-4-7-18(8-5-16)32-37(35,36)20-14-17(25)6-9-19(20)26/h4-9,14,32,34H,3,10-13H2,1-2H3,(H2,27,28,29,30,31). The highest BCUT2D eigenvalue weighted by molar-refractivity contribution is 7.92. The van der Waals surface area contributed by atoms with Gasteiger partial charge in [0.15, 0.2) is 11.5 Å². The van der Waals surface area contributed by atoms with Gasteiger partial charge < -0.3 is 15.3 Å². The molecule has 0 saturated carbocycles. The highest BCUT2D eigenvalue weighted by atomic mass is 35.5. The lowest BCUT2D eigenvalue weighted by atomic mass is 10.2. The van der Waals surface area contributed by atoms with Crippen LogP contribution in [0.2, 0.25) is 5.02 Å². The summed E-state index contributed by atoms with van der Waals surface area (Å²) < 4.78 is 41.8. The van der Waals surface area contributed by atoms with E-state index in [9.17, 15) is 12.8 Å². The summed E-state index contributed by atoms with van der Waals surface area (Å²) in [6.07, 6.45) is 0.844. The van der Waals surface area contributed by atoms with E-state index in [4.69, 9.17) is 21.7 Å². The predicted octanol–water partition coefficient (Wildman–Crippen LogP) is 3.65. The lowest BCUT2D eigenvalue weighted by molar-refractivity contribution is 0.221. The summed E-state index contributed by atoms with van der Waals surface area (Å²) in [5.74, 6) is 0.149. The number of benzene rings is 2. The maximum absolute atomic E-state index is 14.1. The molecule has 0 aliphatic heterocycles. The normalized spacial score (nSPS) is 11.8. The molecular formula is C24H27ClFN7O3S. The van der Waals surface area contributed by atoms with Crippen LogP contribution < -0.4 is 10.0 Å². The first-order valence-corrected chi connectivity index (χ1v) is 13.4. The van der Waals surface area contributed by atoms with E-state index in [2.05, 4.69) is 25.2 Å². The Morgan fingerprint density at radius 3 is 2.62 bits per heavy atom. The number of anilines is 2. The van der Waals surface area contributed by atoms with Crippen LogP contribution in [0.3, 0.4) is 0 Å². The lowest BCUT2D eigenvalue weighted by Gasteiger charge is -2.15. The molecule has 0 unspecified atom stereocenters. The average molecular weight is 548 g/mol. The summed E-state index contributed by atoms with van der Waals surface area (Å²) >= 11 is 5.84. The van der Waals surface area contributed by atoms with Gasteiger partial charge in [-0.1, -0.05) is 11.6 Å². The molecule has 4 aromatic rings. The molecule has 2 heterocycles. The number of H-pyrrole nitrogens is 1. The van der Waals surface area contributed by atoms with E-state index >= 15 is 0 Å². The molecule has 0 spiro atoms. The summed E-state index contributed by atoms with van der Waals surface area (Å²) in [6.45, 7) is 4.10. The summed E-state index contributed by atoms with van der Waals surface area (Å²) in [7, 11) is -2.23. The van der Waals surface area contributed by atoms with Gasteiger partial charge in [-0.05, 0) is 69.4 Å². The molecule has 0 radical (unpaired) electrons. The van der Waals surface area contributed by atoms with E-state index in [1.54, 1.807) is 24.3 Å². The van der Waals surface area contributed by atoms with E-state index in [1.165, 1.54) is 6.07 Å². The van der Waals surface area contributed by atoms with Crippen molar-refractivity contribution in [1.82, 2.24) is 25.1 Å². The zero-order valence-electron chi connectivity index (χ0n) is 20.3. The van der Waals surface area contributed by atoms with E-state index in [0.717, 1.165) is 36.2 Å². The summed E-state index contributed by atoms with van der Waals surface area (Å²) in [5, 5.41) is 20.5. The number of halogens is 2. The maximum atomic E-state index is 14.1. The summed E-state index contributed by atoms with van der Waals surface area (Å²) in [5.41, 5.74) is 2.22. The Morgan fingerprint density at radius 1 is 1.14 bits per heavy atom. The number of aliphatic hydroxyl groups excluding tert-OH is 1. The Bertz CT molecular complexity index is 1500. The number of aryl methyl sites for hydroxylation is 1. The third-order valence-electron chi connectivity index (χ3n) is 5.66. The number of nitrogens with one attached hydrogen (secondary N) is 3. The highest BCUT2D eigenvalue weighted by Gasteiger charge is 2.20. The van der Waals surface area contributed by atoms with Gasteiger partial charge in [-0.25, -0.2) is 22.8 Å². The number of aromatic amines is 1. The lowest BCUT2D eigenvalue weighted by Crippen LogP contribution is -2.24. The monoisotopic (exact) mass is 547 g/mol. The molecule has 4 rings (SSSR count). The largest absolute Gasteiger partial charge is 0.395 e. The van der Waals surface area contributed by atoms with Crippen molar-refractivity contribution in [2.45, 2.75) is 18.2 Å². The topological polar surface area (TPSA) is 136 Å². The van der Waals surface area contributed by atoms with Crippen LogP contribution in [0.15, 0.2) is 47.4 Å². The number of sulfonamides is 1. The SMILES string of the molecule is Cc1[nH]nc2nc(-c3ccc(NS(=O)(=O)c4cc(Cl)ccc4F)cc3)nc(NCCCN(C)CCO)c12. The molecular weight excluding hydrogens is 521 g/mol. The molecule has 0 aliphatic rings. The number of hydrogen-bond acceptors (Lipinski definition) is 8. The quantitative estimate of drug-likeness (QED) is 0.209. The van der Waals surface area contributed by atoms with Crippen molar-refractivity contribution in [3.8, 4) is 11.4 Å². The molecule has 10 nitrogen and oxygen atoms in total. The fourth-order valence-corrected chi connectivity index (χ4v) is 5.14. The number of likely N-dealkylation sites (N-methyl/N-ethyl adjacent to an activating group) is 1. The number of fused-ring (bicyclic) bond motifs is 1. The van der Waals surface area contributed by atoms with Gasteiger partial charge in [0.2, 0.25) is 0 Å². The molecule has 196 valence electrons. The van der Waals surface area contributed by atoms with Crippen LogP contribution in [0, 0.1) is 12.7 Å². The molecule has 2 aromatic heterocycles. The van der Waals surface area contributed by atoms with Gasteiger partial charge in [0.25, 0.3) is 10.0 Å². The molecule has 0 amide bonds. The third-order valence-corrected chi connectivity index (χ3v) is 7.29. The van der Waals surface area contributed by atoms with E-state index in [0.29, 0.717) is 35.9 Å². The first-order chi connectivity index (χ1) is 17.7. The Hall–Kier alpha value is -3.32. The van der Waals surface area contributed by atoms with Gasteiger partial charge in [0.05, 0.1) is 12.0 Å². The van der Waals surface area contributed by atoms with Gasteiger partial charge >= 0.3 is 0 Å². The number of aromatic nitrogens is 4.